The van der Waals surface area contributed by atoms with Gasteiger partial charge in [0, 0.05) is 0 Å². The molecule has 0 fully saturated rings. The van der Waals surface area contributed by atoms with Gasteiger partial charge in [-0.15, -0.1) is 13.2 Å². The smallest absolute Gasteiger partial charge is 0.114 e. The summed E-state index contributed by atoms with van der Waals surface area (Å²) in [4.78, 5) is 4.34. The molecule has 0 amide bonds. The molecule has 20 heavy (non-hydrogen) atoms. The lowest BCUT2D eigenvalue weighted by molar-refractivity contribution is 0.924. The molecule has 2 heterocycles. The molecule has 7 heteroatoms. The van der Waals surface area contributed by atoms with Gasteiger partial charge in [0.2, 0.25) is 0 Å². The van der Waals surface area contributed by atoms with Crippen LogP contribution >= 0.6 is 45.7 Å². The number of nitrogens with zero attached hydrogens (tertiary/aromatic N) is 5. The van der Waals surface area contributed by atoms with E-state index in [1.54, 1.807) is 3.01 Å². The van der Waals surface area contributed by atoms with Crippen LogP contribution in [0.5, 0.6) is 0 Å². The first-order valence-electron chi connectivity index (χ1n) is 5.87. The van der Waals surface area contributed by atoms with Gasteiger partial charge in [0.15, 0.2) is 0 Å². The summed E-state index contributed by atoms with van der Waals surface area (Å²) in [7, 11) is 0. The lowest BCUT2D eigenvalue weighted by Crippen LogP contribution is -1.81. The summed E-state index contributed by atoms with van der Waals surface area (Å²) in [5.74, 6) is 0. The largest absolute Gasteiger partial charge is 0.271 e. The average Bonchev–Trinajstić information content (AvgIpc) is 3.00. The van der Waals surface area contributed by atoms with Crippen molar-refractivity contribution in [3.05, 3.63) is 42.7 Å². The van der Waals surface area contributed by atoms with Gasteiger partial charge in [0.25, 0.3) is 0 Å². The summed E-state index contributed by atoms with van der Waals surface area (Å²) in [5.41, 5.74) is 6.21. The number of hydrogen-bond acceptors (Lipinski definition) is 3. The highest BCUT2D eigenvalue weighted by atomic mass is 127. The van der Waals surface area contributed by atoms with Crippen LogP contribution in [-0.2, 0) is 0 Å². The van der Waals surface area contributed by atoms with Crippen molar-refractivity contribution in [1.29, 1.82) is 0 Å². The maximum absolute atomic E-state index is 4.34. The Bertz CT molecular complexity index is 940. The Morgan fingerprint density at radius 1 is 0.800 bits per heavy atom. The van der Waals surface area contributed by atoms with Crippen molar-refractivity contribution in [2.45, 2.75) is 0 Å². The molecule has 0 atom stereocenters. The minimum absolute atomic E-state index is 0.903. The highest BCUT2D eigenvalue weighted by Gasteiger charge is 2.07. The molecule has 0 saturated carbocycles. The Balaban J connectivity index is 1.92. The van der Waals surface area contributed by atoms with Gasteiger partial charge in [-0.25, -0.2) is 4.98 Å². The summed E-state index contributed by atoms with van der Waals surface area (Å²) in [6.45, 7) is 0. The molecule has 0 bridgehead atoms. The molecule has 0 aliphatic heterocycles. The lowest BCUT2D eigenvalue weighted by Gasteiger charge is -2.02. The summed E-state index contributed by atoms with van der Waals surface area (Å²) >= 11 is 4.29. The van der Waals surface area contributed by atoms with Gasteiger partial charge in [-0.3, -0.25) is 2.78 Å². The van der Waals surface area contributed by atoms with Gasteiger partial charge in [-0.05, 0) is 35.4 Å². The number of benzene rings is 2. The van der Waals surface area contributed by atoms with Crippen LogP contribution in [0.15, 0.2) is 42.7 Å². The maximum Gasteiger partial charge on any atom is 0.114 e. The second-order valence-electron chi connectivity index (χ2n) is 4.40. The van der Waals surface area contributed by atoms with Crippen molar-refractivity contribution in [2.75, 3.05) is 0 Å². The van der Waals surface area contributed by atoms with Crippen LogP contribution in [0.4, 0.5) is 0 Å². The quantitative estimate of drug-likeness (QED) is 0.384. The summed E-state index contributed by atoms with van der Waals surface area (Å²) in [6, 6.07) is 12.4. The van der Waals surface area contributed by atoms with E-state index >= 15 is 0 Å². The fourth-order valence-corrected chi connectivity index (χ4v) is 3.20. The second kappa shape index (κ2) is 4.65. The monoisotopic (exact) mass is 487 g/mol. The van der Waals surface area contributed by atoms with E-state index in [1.165, 1.54) is 0 Å². The highest BCUT2D eigenvalue weighted by molar-refractivity contribution is 14.1. The number of aromatic nitrogens is 5. The van der Waals surface area contributed by atoms with Gasteiger partial charge in [0.1, 0.15) is 40.2 Å². The van der Waals surface area contributed by atoms with Crippen molar-refractivity contribution >= 4 is 67.8 Å². The molecule has 0 saturated heterocycles. The topological polar surface area (TPSA) is 48.5 Å². The molecular formula is C13H7I2N5. The molecule has 4 rings (SSSR count). The number of fused-ring (bicyclic) bond motifs is 2. The van der Waals surface area contributed by atoms with E-state index in [1.807, 2.05) is 21.2 Å². The Morgan fingerprint density at radius 3 is 2.35 bits per heavy atom. The van der Waals surface area contributed by atoms with Crippen LogP contribution in [0.1, 0.15) is 0 Å². The second-order valence-corrected chi connectivity index (χ2v) is 6.31. The van der Waals surface area contributed by atoms with Crippen molar-refractivity contribution in [1.82, 2.24) is 21.0 Å². The van der Waals surface area contributed by atoms with Gasteiger partial charge in [-0.1, -0.05) is 12.1 Å². The summed E-state index contributed by atoms with van der Waals surface area (Å²) in [6.07, 6.45) is 1.82. The molecule has 0 aliphatic carbocycles. The fraction of sp³-hybridized carbons (Fsp3) is 0. The van der Waals surface area contributed by atoms with Gasteiger partial charge < -0.3 is 0 Å². The zero-order chi connectivity index (χ0) is 13.7. The normalized spacial score (nSPS) is 11.5. The Morgan fingerprint density at radius 2 is 1.50 bits per heavy atom. The predicted octanol–water partition coefficient (Wildman–Crippen LogP) is 3.84. The number of halogens is 2. The standard InChI is InChI=1S/C13H7I2N5/c14-19-7-16-11-4-2-9(6-13(11)19)8-1-3-10-12(5-8)18-20(15)17-10/h1-7H. The molecule has 0 radical (unpaired) electrons. The van der Waals surface area contributed by atoms with Crippen molar-refractivity contribution in [2.24, 2.45) is 0 Å². The van der Waals surface area contributed by atoms with Gasteiger partial charge in [-0.2, -0.15) is 0 Å². The van der Waals surface area contributed by atoms with Crippen molar-refractivity contribution in [3.63, 3.8) is 0 Å². The molecule has 0 N–H and O–H groups in total. The number of imidazole rings is 1. The molecule has 5 nitrogen and oxygen atoms in total. The predicted molar refractivity (Wildman–Crippen MR) is 95.1 cm³/mol. The van der Waals surface area contributed by atoms with Crippen LogP contribution < -0.4 is 0 Å². The van der Waals surface area contributed by atoms with Crippen LogP contribution in [0.25, 0.3) is 33.2 Å². The molecule has 2 aromatic carbocycles. The van der Waals surface area contributed by atoms with E-state index in [-0.39, 0.29) is 0 Å². The van der Waals surface area contributed by atoms with E-state index in [0.29, 0.717) is 0 Å². The van der Waals surface area contributed by atoms with Crippen LogP contribution in [-0.4, -0.2) is 21.0 Å². The highest BCUT2D eigenvalue weighted by Crippen LogP contribution is 2.27. The van der Waals surface area contributed by atoms with Gasteiger partial charge in [0.05, 0.1) is 33.9 Å². The maximum atomic E-state index is 4.34. The van der Waals surface area contributed by atoms with Crippen LogP contribution in [0.3, 0.4) is 0 Å². The first-order chi connectivity index (χ1) is 9.70. The van der Waals surface area contributed by atoms with Crippen LogP contribution in [0.2, 0.25) is 0 Å². The fourth-order valence-electron chi connectivity index (χ4n) is 2.23. The third kappa shape index (κ3) is 1.99. The first kappa shape index (κ1) is 12.5. The van der Waals surface area contributed by atoms with E-state index in [0.717, 1.165) is 33.2 Å². The van der Waals surface area contributed by atoms with Crippen LogP contribution in [0, 0.1) is 0 Å². The Hall–Kier alpha value is -1.23. The SMILES string of the molecule is In1nc2ccc(-c3ccc4ncn(I)c4c3)cc2n1. The van der Waals surface area contributed by atoms with E-state index in [9.17, 15) is 0 Å². The minimum atomic E-state index is 0.903. The summed E-state index contributed by atoms with van der Waals surface area (Å²) < 4.78 is 3.56. The average molecular weight is 487 g/mol. The van der Waals surface area contributed by atoms with E-state index < -0.39 is 0 Å². The summed E-state index contributed by atoms with van der Waals surface area (Å²) in [5, 5.41) is 8.62. The van der Waals surface area contributed by atoms with Gasteiger partial charge >= 0.3 is 0 Å². The third-order valence-electron chi connectivity index (χ3n) is 3.19. The molecule has 0 unspecified atom stereocenters. The van der Waals surface area contributed by atoms with Crippen molar-refractivity contribution < 1.29 is 0 Å². The molecule has 0 aliphatic rings. The third-order valence-corrected chi connectivity index (χ3v) is 4.39. The number of hydrogen-bond donors (Lipinski definition) is 0. The zero-order valence-corrected chi connectivity index (χ0v) is 14.3. The first-order valence-corrected chi connectivity index (χ1v) is 7.80. The molecular weight excluding hydrogens is 480 g/mol. The molecule has 2 aromatic heterocycles. The molecule has 4 aromatic rings. The minimum Gasteiger partial charge on any atom is -0.271 e. The van der Waals surface area contributed by atoms with E-state index in [2.05, 4.69) is 85.2 Å². The molecule has 98 valence electrons. The van der Waals surface area contributed by atoms with Crippen molar-refractivity contribution in [3.8, 4) is 11.1 Å². The Labute approximate surface area is 142 Å². The van der Waals surface area contributed by atoms with E-state index in [4.69, 9.17) is 0 Å². The molecule has 0 spiro atoms. The lowest BCUT2D eigenvalue weighted by atomic mass is 10.0. The zero-order valence-electron chi connectivity index (χ0n) is 10.0. The Kier molecular flexibility index (Phi) is 2.91. The number of rotatable bonds is 1.